The molecule has 1 amide bonds. The molecule has 0 unspecified atom stereocenters. The highest BCUT2D eigenvalue weighted by Gasteiger charge is 2.29. The van der Waals surface area contributed by atoms with E-state index in [1.807, 2.05) is 117 Å². The summed E-state index contributed by atoms with van der Waals surface area (Å²) < 4.78 is 84.6. The summed E-state index contributed by atoms with van der Waals surface area (Å²) in [5, 5.41) is 15.2. The van der Waals surface area contributed by atoms with E-state index in [0.29, 0.717) is 37.6 Å². The molecule has 0 saturated carbocycles. The maximum Gasteiger partial charge on any atom is 0.264 e. The monoisotopic (exact) mass is 1090 g/mol. The van der Waals surface area contributed by atoms with Crippen LogP contribution in [0.3, 0.4) is 0 Å². The van der Waals surface area contributed by atoms with Gasteiger partial charge in [0.25, 0.3) is 15.9 Å². The van der Waals surface area contributed by atoms with E-state index in [1.54, 1.807) is 62.5 Å². The van der Waals surface area contributed by atoms with Gasteiger partial charge in [-0.25, -0.2) is 25.3 Å². The molecule has 22 heteroatoms. The first-order valence-corrected chi connectivity index (χ1v) is 32.0. The fourth-order valence-corrected chi connectivity index (χ4v) is 17.3. The second kappa shape index (κ2) is 24.4. The van der Waals surface area contributed by atoms with Gasteiger partial charge in [0.15, 0.2) is 0 Å². The summed E-state index contributed by atoms with van der Waals surface area (Å²) in [7, 11) is -10.9. The minimum atomic E-state index is -3.70. The molecule has 0 fully saturated rings. The van der Waals surface area contributed by atoms with Crippen molar-refractivity contribution in [2.45, 2.75) is 49.9 Å². The van der Waals surface area contributed by atoms with Crippen LogP contribution in [0.2, 0.25) is 0 Å². The number of hydrogen-bond donors (Lipinski definition) is 0. The van der Waals surface area contributed by atoms with Crippen LogP contribution >= 0.6 is 90.7 Å². The van der Waals surface area contributed by atoms with Crippen LogP contribution in [-0.4, -0.2) is 73.6 Å². The third kappa shape index (κ3) is 14.7. The minimum Gasteiger partial charge on any atom is -0.332 e. The van der Waals surface area contributed by atoms with Gasteiger partial charge in [0, 0.05) is 75.1 Å². The lowest BCUT2D eigenvalue weighted by Gasteiger charge is -2.25. The van der Waals surface area contributed by atoms with Gasteiger partial charge in [-0.1, -0.05) is 48.5 Å². The Kier molecular flexibility index (Phi) is 18.7. The minimum absolute atomic E-state index is 0.119. The molecular weight excluding hydrogens is 1050 g/mol. The predicted molar refractivity (Wildman–Crippen MR) is 278 cm³/mol. The Hall–Kier alpha value is -3.20. The van der Waals surface area contributed by atoms with Gasteiger partial charge >= 0.3 is 0 Å². The number of nitrogens with zero attached hydrogens (tertiary/aromatic N) is 4. The average Bonchev–Trinajstić information content (AvgIpc) is 4.14. The highest BCUT2D eigenvalue weighted by Crippen LogP contribution is 2.27. The van der Waals surface area contributed by atoms with Gasteiger partial charge in [0.1, 0.15) is 4.21 Å². The molecule has 0 atom stereocenters. The van der Waals surface area contributed by atoms with Crippen molar-refractivity contribution in [3.63, 3.8) is 0 Å². The molecule has 0 radical (unpaired) electrons. The Bertz CT molecular complexity index is 2840. The van der Waals surface area contributed by atoms with Gasteiger partial charge in [-0.05, 0) is 98.0 Å². The lowest BCUT2D eigenvalue weighted by Crippen LogP contribution is -2.39. The number of amides is 1. The molecule has 8 rings (SSSR count). The summed E-state index contributed by atoms with van der Waals surface area (Å²) in [5.41, 5.74) is 0. The van der Waals surface area contributed by atoms with E-state index in [0.717, 1.165) is 29.3 Å². The predicted octanol–water partition coefficient (Wildman–Crippen LogP) is 11.2. The van der Waals surface area contributed by atoms with Crippen LogP contribution < -0.4 is 0 Å². The van der Waals surface area contributed by atoms with Crippen LogP contribution in [0.25, 0.3) is 0 Å². The smallest absolute Gasteiger partial charge is 0.264 e. The van der Waals surface area contributed by atoms with Gasteiger partial charge < -0.3 is 4.90 Å². The molecule has 66 heavy (non-hydrogen) atoms. The second-order valence-corrected chi connectivity index (χ2v) is 28.9. The summed E-state index contributed by atoms with van der Waals surface area (Å²) >= 11 is 11.7. The molecule has 8 aromatic rings. The van der Waals surface area contributed by atoms with Crippen molar-refractivity contribution in [2.24, 2.45) is 0 Å². The number of carbonyl (C=O) groups is 1. The highest BCUT2D eigenvalue weighted by atomic mass is 32.2. The topological polar surface area (TPSA) is 132 Å². The van der Waals surface area contributed by atoms with E-state index in [1.165, 1.54) is 69.6 Å². The van der Waals surface area contributed by atoms with Gasteiger partial charge in [0.2, 0.25) is 20.0 Å². The standard InChI is InChI=1S/C22H24N2O4S6.C22H22N2O3S5/c25-33(26,24(17-20-7-2-12-30-20)18-21-8-3-13-31-21)15-5-10-23(16-19-6-1-11-29-19)34(27,28)22-9-4-14-32-22;25-22(21-8-4-13-31-21)23(15-18-5-1-10-28-18)9-14-32(26,27)24(16-19-6-2-11-29-19)17-20-7-3-12-30-20/h1-4,6-9,11-14H,5,10,15-18H2;1-8,10-13H,9,14-17H2. The van der Waals surface area contributed by atoms with Crippen molar-refractivity contribution >= 4 is 127 Å². The first-order chi connectivity index (χ1) is 31.9. The van der Waals surface area contributed by atoms with E-state index < -0.39 is 30.1 Å². The Balaban J connectivity index is 0.000000197. The van der Waals surface area contributed by atoms with Crippen LogP contribution in [0, 0.1) is 0 Å². The maximum atomic E-state index is 13.4. The molecule has 350 valence electrons. The van der Waals surface area contributed by atoms with Crippen LogP contribution in [0.5, 0.6) is 0 Å². The molecular formula is C44H46N4O7S11. The van der Waals surface area contributed by atoms with Crippen LogP contribution in [-0.2, 0) is 69.3 Å². The summed E-state index contributed by atoms with van der Waals surface area (Å²) in [4.78, 5) is 21.2. The summed E-state index contributed by atoms with van der Waals surface area (Å²) in [5.74, 6) is -0.372. The normalized spacial score (nSPS) is 12.2. The first-order valence-electron chi connectivity index (χ1n) is 20.3. The van der Waals surface area contributed by atoms with Crippen molar-refractivity contribution in [3.05, 3.63) is 174 Å². The fourth-order valence-electron chi connectivity index (χ4n) is 6.51. The second-order valence-electron chi connectivity index (χ2n) is 14.5. The molecule has 0 aliphatic heterocycles. The van der Waals surface area contributed by atoms with Gasteiger partial charge in [0.05, 0.1) is 22.9 Å². The van der Waals surface area contributed by atoms with Gasteiger partial charge in [-0.3, -0.25) is 4.79 Å². The van der Waals surface area contributed by atoms with Crippen LogP contribution in [0.1, 0.15) is 45.4 Å². The Morgan fingerprint density at radius 1 is 0.394 bits per heavy atom. The first kappa shape index (κ1) is 50.7. The zero-order valence-electron chi connectivity index (χ0n) is 35.3. The van der Waals surface area contributed by atoms with Crippen molar-refractivity contribution in [1.29, 1.82) is 0 Å². The largest absolute Gasteiger partial charge is 0.332 e. The molecule has 0 aliphatic carbocycles. The highest BCUT2D eigenvalue weighted by molar-refractivity contribution is 7.91. The summed E-state index contributed by atoms with van der Waals surface area (Å²) in [6, 6.07) is 30.0. The Labute approximate surface area is 419 Å². The fraction of sp³-hybridized carbons (Fsp3) is 0.250. The lowest BCUT2D eigenvalue weighted by atomic mass is 10.3. The number of rotatable bonds is 24. The summed E-state index contributed by atoms with van der Waals surface area (Å²) in [6.07, 6.45) is 0.212. The van der Waals surface area contributed by atoms with E-state index in [4.69, 9.17) is 0 Å². The van der Waals surface area contributed by atoms with Gasteiger partial charge in [-0.15, -0.1) is 90.7 Å². The molecule has 0 saturated heterocycles. The molecule has 0 N–H and O–H groups in total. The van der Waals surface area contributed by atoms with E-state index in [9.17, 15) is 30.0 Å². The van der Waals surface area contributed by atoms with Crippen molar-refractivity contribution in [3.8, 4) is 0 Å². The van der Waals surface area contributed by atoms with E-state index in [-0.39, 0.29) is 47.7 Å². The lowest BCUT2D eigenvalue weighted by molar-refractivity contribution is 0.0759. The van der Waals surface area contributed by atoms with Gasteiger partial charge in [-0.2, -0.15) is 12.9 Å². The molecule has 0 aliphatic rings. The molecule has 0 spiro atoms. The van der Waals surface area contributed by atoms with Crippen molar-refractivity contribution in [2.75, 3.05) is 24.6 Å². The maximum absolute atomic E-state index is 13.4. The molecule has 8 aromatic heterocycles. The third-order valence-corrected chi connectivity index (χ3v) is 22.6. The molecule has 0 bridgehead atoms. The number of thiophene rings is 8. The number of hydrogen-bond acceptors (Lipinski definition) is 15. The third-order valence-electron chi connectivity index (χ3n) is 9.81. The van der Waals surface area contributed by atoms with Crippen molar-refractivity contribution in [1.82, 2.24) is 17.8 Å². The van der Waals surface area contributed by atoms with Crippen molar-refractivity contribution < 1.29 is 30.0 Å². The quantitative estimate of drug-likeness (QED) is 0.0588. The Morgan fingerprint density at radius 3 is 1.14 bits per heavy atom. The van der Waals surface area contributed by atoms with E-state index >= 15 is 0 Å². The number of sulfonamides is 3. The average molecular weight is 1100 g/mol. The van der Waals surface area contributed by atoms with Crippen LogP contribution in [0.4, 0.5) is 0 Å². The number of carbonyl (C=O) groups excluding carboxylic acids is 1. The molecule has 0 aromatic carbocycles. The SMILES string of the molecule is O=C(c1cccs1)N(CCS(=O)(=O)N(Cc1cccs1)Cc1cccs1)Cc1cccs1.O=S(=O)(CCCN(Cc1cccs1)S(=O)(=O)c1cccs1)N(Cc1cccs1)Cc1cccs1. The Morgan fingerprint density at radius 2 is 0.758 bits per heavy atom. The molecule has 11 nitrogen and oxygen atoms in total. The summed E-state index contributed by atoms with van der Waals surface area (Å²) in [6.45, 7) is 2.19. The molecule has 8 heterocycles. The zero-order valence-corrected chi connectivity index (χ0v) is 44.3. The van der Waals surface area contributed by atoms with Crippen LogP contribution in [0.15, 0.2) is 144 Å². The zero-order chi connectivity index (χ0) is 46.4. The van der Waals surface area contributed by atoms with E-state index in [2.05, 4.69) is 0 Å².